The molecule has 1 atom stereocenters. The summed E-state index contributed by atoms with van der Waals surface area (Å²) >= 11 is 0. The van der Waals surface area contributed by atoms with Crippen LogP contribution in [0.3, 0.4) is 0 Å². The summed E-state index contributed by atoms with van der Waals surface area (Å²) in [5, 5.41) is 2.99. The first-order chi connectivity index (χ1) is 15.7. The number of nitrogens with two attached hydrogens (primary N) is 1. The van der Waals surface area contributed by atoms with E-state index in [1.165, 1.54) is 37.9 Å². The van der Waals surface area contributed by atoms with Gasteiger partial charge in [0, 0.05) is 35.9 Å². The first-order valence-electron chi connectivity index (χ1n) is 11.5. The Kier molecular flexibility index (Phi) is 5.93. The fourth-order valence-corrected chi connectivity index (χ4v) is 4.72. The van der Waals surface area contributed by atoms with Crippen LogP contribution < -0.4 is 16.0 Å². The zero-order valence-electron chi connectivity index (χ0n) is 18.3. The Morgan fingerprint density at radius 3 is 2.47 bits per heavy atom. The van der Waals surface area contributed by atoms with Gasteiger partial charge in [0.15, 0.2) is 0 Å². The van der Waals surface area contributed by atoms with Gasteiger partial charge < -0.3 is 16.0 Å². The highest BCUT2D eigenvalue weighted by Gasteiger charge is 2.30. The van der Waals surface area contributed by atoms with E-state index >= 15 is 0 Å². The van der Waals surface area contributed by atoms with Crippen molar-refractivity contribution >= 4 is 17.3 Å². The molecule has 5 nitrogen and oxygen atoms in total. The predicted octanol–water partition coefficient (Wildman–Crippen LogP) is 4.37. The Labute approximate surface area is 189 Å². The zero-order valence-corrected chi connectivity index (χ0v) is 18.3. The van der Waals surface area contributed by atoms with E-state index < -0.39 is 0 Å². The maximum absolute atomic E-state index is 12.8. The fraction of sp³-hybridized carbons (Fsp3) is 0.296. The first-order valence-corrected chi connectivity index (χ1v) is 11.5. The van der Waals surface area contributed by atoms with Gasteiger partial charge in [-0.25, -0.2) is 0 Å². The van der Waals surface area contributed by atoms with Gasteiger partial charge in [-0.15, -0.1) is 0 Å². The van der Waals surface area contributed by atoms with Crippen LogP contribution in [-0.4, -0.2) is 29.9 Å². The second-order valence-corrected chi connectivity index (χ2v) is 8.83. The molecule has 2 aliphatic heterocycles. The van der Waals surface area contributed by atoms with Crippen molar-refractivity contribution in [3.05, 3.63) is 95.4 Å². The molecule has 5 rings (SSSR count). The van der Waals surface area contributed by atoms with E-state index in [0.29, 0.717) is 12.0 Å². The smallest absolute Gasteiger partial charge is 0.257 e. The van der Waals surface area contributed by atoms with Crippen LogP contribution >= 0.6 is 0 Å². The molecule has 1 aliphatic carbocycles. The summed E-state index contributed by atoms with van der Waals surface area (Å²) in [5.41, 5.74) is 12.1. The Bertz CT molecular complexity index is 1060. The first kappa shape index (κ1) is 20.7. The second-order valence-electron chi connectivity index (χ2n) is 8.83. The molecule has 1 amide bonds. The number of nitrogens with zero attached hydrogens (tertiary/aromatic N) is 2. The maximum Gasteiger partial charge on any atom is 0.257 e. The molecule has 2 heterocycles. The molecule has 5 heteroatoms. The standard InChI is InChI=1S/C27H30N4O/c28-21-11-14-26-24(17-21)25(27(32)29-26)19-31(22-7-3-1-4-8-22)23-12-9-20(10-13-23)18-30-15-5-2-6-16-30/h1,3-4,7-14,19,21H,2,5-6,15-18,28H2,(H,29,32)/b25-19-. The van der Waals surface area contributed by atoms with Crippen molar-refractivity contribution in [1.82, 2.24) is 10.2 Å². The molecule has 2 aromatic rings. The summed E-state index contributed by atoms with van der Waals surface area (Å²) in [5.74, 6) is -0.0728. The lowest BCUT2D eigenvalue weighted by molar-refractivity contribution is -0.116. The molecule has 0 radical (unpaired) electrons. The normalized spacial score (nSPS) is 22.2. The van der Waals surface area contributed by atoms with Gasteiger partial charge in [-0.1, -0.05) is 42.8 Å². The van der Waals surface area contributed by atoms with Gasteiger partial charge in [0.05, 0.1) is 5.57 Å². The monoisotopic (exact) mass is 426 g/mol. The number of para-hydroxylation sites is 1. The van der Waals surface area contributed by atoms with Crippen molar-refractivity contribution in [2.75, 3.05) is 18.0 Å². The summed E-state index contributed by atoms with van der Waals surface area (Å²) in [6.45, 7) is 3.37. The number of likely N-dealkylation sites (tertiary alicyclic amines) is 1. The third-order valence-electron chi connectivity index (χ3n) is 6.45. The molecule has 2 aromatic carbocycles. The van der Waals surface area contributed by atoms with E-state index in [9.17, 15) is 4.79 Å². The zero-order chi connectivity index (χ0) is 21.9. The van der Waals surface area contributed by atoms with E-state index in [1.807, 2.05) is 36.6 Å². The van der Waals surface area contributed by atoms with E-state index in [4.69, 9.17) is 5.73 Å². The largest absolute Gasteiger partial charge is 0.324 e. The summed E-state index contributed by atoms with van der Waals surface area (Å²) in [7, 11) is 0. The highest BCUT2D eigenvalue weighted by Crippen LogP contribution is 2.33. The molecule has 3 aliphatic rings. The molecule has 164 valence electrons. The molecule has 0 bridgehead atoms. The summed E-state index contributed by atoms with van der Waals surface area (Å²) < 4.78 is 0. The van der Waals surface area contributed by atoms with Crippen LogP contribution in [0.15, 0.2) is 89.8 Å². The lowest BCUT2D eigenvalue weighted by Gasteiger charge is -2.27. The number of allylic oxidation sites excluding steroid dienone is 1. The molecule has 0 saturated carbocycles. The maximum atomic E-state index is 12.8. The Morgan fingerprint density at radius 1 is 1.00 bits per heavy atom. The number of hydrogen-bond donors (Lipinski definition) is 2. The van der Waals surface area contributed by atoms with Crippen molar-refractivity contribution in [1.29, 1.82) is 0 Å². The highest BCUT2D eigenvalue weighted by atomic mass is 16.2. The Hall–Kier alpha value is -3.15. The lowest BCUT2D eigenvalue weighted by atomic mass is 9.95. The molecule has 0 spiro atoms. The molecule has 3 N–H and O–H groups in total. The summed E-state index contributed by atoms with van der Waals surface area (Å²) in [6.07, 6.45) is 10.4. The van der Waals surface area contributed by atoms with Crippen LogP contribution in [-0.2, 0) is 11.3 Å². The number of nitrogens with one attached hydrogen (secondary N) is 1. The van der Waals surface area contributed by atoms with Crippen molar-refractivity contribution in [3.8, 4) is 0 Å². The van der Waals surface area contributed by atoms with Gasteiger partial charge in [0.1, 0.15) is 0 Å². The van der Waals surface area contributed by atoms with Crippen LogP contribution in [0.25, 0.3) is 0 Å². The number of hydrogen-bond acceptors (Lipinski definition) is 4. The Balaban J connectivity index is 1.46. The van der Waals surface area contributed by atoms with Crippen molar-refractivity contribution in [2.45, 2.75) is 38.3 Å². The van der Waals surface area contributed by atoms with Crippen LogP contribution in [0.5, 0.6) is 0 Å². The van der Waals surface area contributed by atoms with Gasteiger partial charge in [0.25, 0.3) is 5.91 Å². The number of amides is 1. The third-order valence-corrected chi connectivity index (χ3v) is 6.45. The lowest BCUT2D eigenvalue weighted by Crippen LogP contribution is -2.29. The van der Waals surface area contributed by atoms with E-state index in [-0.39, 0.29) is 11.9 Å². The third kappa shape index (κ3) is 4.40. The average Bonchev–Trinajstić information content (AvgIpc) is 3.13. The van der Waals surface area contributed by atoms with Crippen molar-refractivity contribution in [3.63, 3.8) is 0 Å². The number of benzene rings is 2. The van der Waals surface area contributed by atoms with Crippen molar-refractivity contribution in [2.24, 2.45) is 5.73 Å². The summed E-state index contributed by atoms with van der Waals surface area (Å²) in [4.78, 5) is 17.4. The van der Waals surface area contributed by atoms with Crippen LogP contribution in [0.4, 0.5) is 11.4 Å². The quantitative estimate of drug-likeness (QED) is 0.697. The van der Waals surface area contributed by atoms with Gasteiger partial charge in [-0.05, 0) is 73.8 Å². The second kappa shape index (κ2) is 9.15. The number of anilines is 2. The van der Waals surface area contributed by atoms with Crippen molar-refractivity contribution < 1.29 is 4.79 Å². The number of piperidine rings is 1. The molecule has 1 unspecified atom stereocenters. The van der Waals surface area contributed by atoms with Gasteiger partial charge in [-0.2, -0.15) is 0 Å². The summed E-state index contributed by atoms with van der Waals surface area (Å²) in [6, 6.07) is 18.8. The molecule has 0 aromatic heterocycles. The average molecular weight is 427 g/mol. The topological polar surface area (TPSA) is 61.6 Å². The predicted molar refractivity (Wildman–Crippen MR) is 129 cm³/mol. The minimum absolute atomic E-state index is 0.0657. The minimum atomic E-state index is -0.0728. The van der Waals surface area contributed by atoms with E-state index in [2.05, 4.69) is 51.5 Å². The minimum Gasteiger partial charge on any atom is -0.324 e. The molecule has 1 saturated heterocycles. The van der Waals surface area contributed by atoms with E-state index in [1.54, 1.807) is 0 Å². The molecular weight excluding hydrogens is 396 g/mol. The molecule has 1 fully saturated rings. The number of carbonyl (C=O) groups excluding carboxylic acids is 1. The van der Waals surface area contributed by atoms with E-state index in [0.717, 1.165) is 29.2 Å². The van der Waals surface area contributed by atoms with Crippen LogP contribution in [0, 0.1) is 0 Å². The number of carbonyl (C=O) groups is 1. The van der Waals surface area contributed by atoms with Gasteiger partial charge in [-0.3, -0.25) is 9.69 Å². The number of rotatable bonds is 5. The van der Waals surface area contributed by atoms with Gasteiger partial charge >= 0.3 is 0 Å². The fourth-order valence-electron chi connectivity index (χ4n) is 4.72. The molecule has 32 heavy (non-hydrogen) atoms. The highest BCUT2D eigenvalue weighted by molar-refractivity contribution is 6.04. The Morgan fingerprint density at radius 2 is 1.72 bits per heavy atom. The van der Waals surface area contributed by atoms with Crippen LogP contribution in [0.1, 0.15) is 31.2 Å². The SMILES string of the molecule is NC1C=CC2=C(C1)/C(=C/N(c1ccccc1)c1ccc(CN3CCCCC3)cc1)C(=O)N2. The molecular formula is C27H30N4O. The van der Waals surface area contributed by atoms with Crippen LogP contribution in [0.2, 0.25) is 0 Å². The van der Waals surface area contributed by atoms with Gasteiger partial charge in [0.2, 0.25) is 0 Å².